The van der Waals surface area contributed by atoms with Gasteiger partial charge in [0.2, 0.25) is 17.7 Å². The first kappa shape index (κ1) is 18.1. The number of nitrogens with zero attached hydrogens (tertiary/aromatic N) is 2. The Morgan fingerprint density at radius 1 is 1.08 bits per heavy atom. The maximum absolute atomic E-state index is 12.0. The van der Waals surface area contributed by atoms with E-state index in [1.807, 2.05) is 55.5 Å². The molecule has 0 spiro atoms. The molecule has 0 fully saturated rings. The minimum absolute atomic E-state index is 0.0328. The molecule has 1 heterocycles. The van der Waals surface area contributed by atoms with Crippen molar-refractivity contribution in [3.8, 4) is 11.5 Å². The summed E-state index contributed by atoms with van der Waals surface area (Å²) in [5, 5.41) is 11.7. The number of halogens is 1. The van der Waals surface area contributed by atoms with Crippen molar-refractivity contribution in [2.24, 2.45) is 0 Å². The predicted octanol–water partition coefficient (Wildman–Crippen LogP) is 3.99. The second-order valence-corrected chi connectivity index (χ2v) is 6.48. The van der Waals surface area contributed by atoms with E-state index in [1.54, 1.807) is 0 Å². The van der Waals surface area contributed by atoms with Crippen LogP contribution in [0.5, 0.6) is 0 Å². The average molecular weight is 370 g/mol. The summed E-state index contributed by atoms with van der Waals surface area (Å²) < 4.78 is 5.67. The molecule has 26 heavy (non-hydrogen) atoms. The van der Waals surface area contributed by atoms with Crippen molar-refractivity contribution >= 4 is 17.5 Å². The number of amides is 1. The molecule has 0 atom stereocenters. The van der Waals surface area contributed by atoms with Crippen LogP contribution in [0.2, 0.25) is 5.02 Å². The van der Waals surface area contributed by atoms with Crippen molar-refractivity contribution < 1.29 is 9.21 Å². The normalized spacial score (nSPS) is 10.7. The SMILES string of the molecule is Cc1ccccc1-c1nnc(CCC(=O)NCCc2ccc(Cl)cc2)o1. The fourth-order valence-electron chi connectivity index (χ4n) is 2.58. The maximum Gasteiger partial charge on any atom is 0.247 e. The highest BCUT2D eigenvalue weighted by molar-refractivity contribution is 6.30. The van der Waals surface area contributed by atoms with E-state index < -0.39 is 0 Å². The molecule has 0 aliphatic heterocycles. The minimum Gasteiger partial charge on any atom is -0.421 e. The number of aromatic nitrogens is 2. The molecule has 134 valence electrons. The summed E-state index contributed by atoms with van der Waals surface area (Å²) in [7, 11) is 0. The number of hydrogen-bond donors (Lipinski definition) is 1. The quantitative estimate of drug-likeness (QED) is 0.683. The summed E-state index contributed by atoms with van der Waals surface area (Å²) in [6.45, 7) is 2.58. The van der Waals surface area contributed by atoms with Gasteiger partial charge < -0.3 is 9.73 Å². The molecule has 1 N–H and O–H groups in total. The molecule has 0 aliphatic carbocycles. The number of benzene rings is 2. The number of aryl methyl sites for hydroxylation is 2. The molecular formula is C20H20ClN3O2. The molecule has 6 heteroatoms. The van der Waals surface area contributed by atoms with E-state index in [9.17, 15) is 4.79 Å². The molecule has 0 aliphatic rings. The summed E-state index contributed by atoms with van der Waals surface area (Å²) in [4.78, 5) is 12.0. The van der Waals surface area contributed by atoms with Crippen LogP contribution in [0.1, 0.15) is 23.4 Å². The summed E-state index contributed by atoms with van der Waals surface area (Å²) >= 11 is 5.86. The summed E-state index contributed by atoms with van der Waals surface area (Å²) in [6, 6.07) is 15.4. The number of hydrogen-bond acceptors (Lipinski definition) is 4. The number of carbonyl (C=O) groups excluding carboxylic acids is 1. The van der Waals surface area contributed by atoms with Crippen LogP contribution < -0.4 is 5.32 Å². The topological polar surface area (TPSA) is 68.0 Å². The van der Waals surface area contributed by atoms with Crippen LogP contribution >= 0.6 is 11.6 Å². The van der Waals surface area contributed by atoms with E-state index in [4.69, 9.17) is 16.0 Å². The van der Waals surface area contributed by atoms with Crippen LogP contribution in [-0.2, 0) is 17.6 Å². The Kier molecular flexibility index (Phi) is 6.02. The highest BCUT2D eigenvalue weighted by Crippen LogP contribution is 2.21. The average Bonchev–Trinajstić information content (AvgIpc) is 3.11. The molecular weight excluding hydrogens is 350 g/mol. The second-order valence-electron chi connectivity index (χ2n) is 6.04. The third-order valence-corrected chi connectivity index (χ3v) is 4.31. The van der Waals surface area contributed by atoms with Gasteiger partial charge in [-0.3, -0.25) is 4.79 Å². The van der Waals surface area contributed by atoms with Crippen molar-refractivity contribution in [1.82, 2.24) is 15.5 Å². The third-order valence-electron chi connectivity index (χ3n) is 4.06. The Bertz CT molecular complexity index is 875. The van der Waals surface area contributed by atoms with Gasteiger partial charge in [-0.15, -0.1) is 10.2 Å². The molecule has 1 aromatic heterocycles. The number of carbonyl (C=O) groups is 1. The Labute approximate surface area is 157 Å². The Balaban J connectivity index is 1.45. The lowest BCUT2D eigenvalue weighted by atomic mass is 10.1. The lowest BCUT2D eigenvalue weighted by Crippen LogP contribution is -2.25. The minimum atomic E-state index is -0.0328. The van der Waals surface area contributed by atoms with Crippen molar-refractivity contribution in [3.63, 3.8) is 0 Å². The van der Waals surface area contributed by atoms with Gasteiger partial charge >= 0.3 is 0 Å². The highest BCUT2D eigenvalue weighted by Gasteiger charge is 2.11. The molecule has 0 saturated heterocycles. The first-order valence-corrected chi connectivity index (χ1v) is 8.89. The summed E-state index contributed by atoms with van der Waals surface area (Å²) in [5.41, 5.74) is 3.12. The van der Waals surface area contributed by atoms with Crippen LogP contribution in [-0.4, -0.2) is 22.6 Å². The smallest absolute Gasteiger partial charge is 0.247 e. The van der Waals surface area contributed by atoms with Gasteiger partial charge in [0.05, 0.1) is 0 Å². The molecule has 3 rings (SSSR count). The van der Waals surface area contributed by atoms with E-state index in [0.717, 1.165) is 23.1 Å². The fraction of sp³-hybridized carbons (Fsp3) is 0.250. The van der Waals surface area contributed by atoms with Gasteiger partial charge in [0.1, 0.15) is 0 Å². The largest absolute Gasteiger partial charge is 0.421 e. The van der Waals surface area contributed by atoms with Gasteiger partial charge in [-0.2, -0.15) is 0 Å². The van der Waals surface area contributed by atoms with Crippen LogP contribution in [0, 0.1) is 6.92 Å². The Morgan fingerprint density at radius 2 is 1.85 bits per heavy atom. The van der Waals surface area contributed by atoms with E-state index in [2.05, 4.69) is 15.5 Å². The van der Waals surface area contributed by atoms with Gasteiger partial charge in [0.25, 0.3) is 0 Å². The van der Waals surface area contributed by atoms with Crippen LogP contribution in [0.25, 0.3) is 11.5 Å². The summed E-state index contributed by atoms with van der Waals surface area (Å²) in [6.07, 6.45) is 1.50. The fourth-order valence-corrected chi connectivity index (χ4v) is 2.71. The maximum atomic E-state index is 12.0. The van der Waals surface area contributed by atoms with Gasteiger partial charge in [0, 0.05) is 30.0 Å². The molecule has 0 bridgehead atoms. The molecule has 0 radical (unpaired) electrons. The second kappa shape index (κ2) is 8.63. The molecule has 2 aromatic carbocycles. The van der Waals surface area contributed by atoms with Crippen molar-refractivity contribution in [3.05, 3.63) is 70.6 Å². The van der Waals surface area contributed by atoms with Crippen molar-refractivity contribution in [1.29, 1.82) is 0 Å². The zero-order chi connectivity index (χ0) is 18.4. The van der Waals surface area contributed by atoms with Crippen LogP contribution in [0.3, 0.4) is 0 Å². The Morgan fingerprint density at radius 3 is 2.62 bits per heavy atom. The monoisotopic (exact) mass is 369 g/mol. The van der Waals surface area contributed by atoms with Crippen LogP contribution in [0.4, 0.5) is 0 Å². The van der Waals surface area contributed by atoms with E-state index >= 15 is 0 Å². The zero-order valence-electron chi connectivity index (χ0n) is 14.5. The van der Waals surface area contributed by atoms with Gasteiger partial charge in [-0.05, 0) is 42.7 Å². The third kappa shape index (κ3) is 4.92. The predicted molar refractivity (Wildman–Crippen MR) is 101 cm³/mol. The Hall–Kier alpha value is -2.66. The van der Waals surface area contributed by atoms with Crippen molar-refractivity contribution in [2.75, 3.05) is 6.54 Å². The first-order chi connectivity index (χ1) is 12.6. The summed E-state index contributed by atoms with van der Waals surface area (Å²) in [5.74, 6) is 0.923. The molecule has 1 amide bonds. The lowest BCUT2D eigenvalue weighted by Gasteiger charge is -2.04. The van der Waals surface area contributed by atoms with Gasteiger partial charge in [-0.25, -0.2) is 0 Å². The van der Waals surface area contributed by atoms with E-state index in [1.165, 1.54) is 0 Å². The molecule has 0 saturated carbocycles. The zero-order valence-corrected chi connectivity index (χ0v) is 15.3. The first-order valence-electron chi connectivity index (χ1n) is 8.51. The lowest BCUT2D eigenvalue weighted by molar-refractivity contribution is -0.121. The standard InChI is InChI=1S/C20H20ClN3O2/c1-14-4-2-3-5-17(14)20-24-23-19(26-20)11-10-18(25)22-13-12-15-6-8-16(21)9-7-15/h2-9H,10-13H2,1H3,(H,22,25). The van der Waals surface area contributed by atoms with Crippen molar-refractivity contribution in [2.45, 2.75) is 26.2 Å². The number of rotatable bonds is 7. The molecule has 3 aromatic rings. The number of nitrogens with one attached hydrogen (secondary N) is 1. The molecule has 0 unspecified atom stereocenters. The van der Waals surface area contributed by atoms with Gasteiger partial charge in [0.15, 0.2) is 0 Å². The van der Waals surface area contributed by atoms with Gasteiger partial charge in [-0.1, -0.05) is 41.9 Å². The van der Waals surface area contributed by atoms with Crippen LogP contribution in [0.15, 0.2) is 52.9 Å². The van der Waals surface area contributed by atoms with E-state index in [0.29, 0.717) is 36.2 Å². The van der Waals surface area contributed by atoms with E-state index in [-0.39, 0.29) is 5.91 Å². The highest BCUT2D eigenvalue weighted by atomic mass is 35.5. The molecule has 5 nitrogen and oxygen atoms in total.